The smallest absolute Gasteiger partial charge is 0.150 e. The van der Waals surface area contributed by atoms with Gasteiger partial charge in [-0.05, 0) is 37.0 Å². The first kappa shape index (κ1) is 17.0. The fourth-order valence-electron chi connectivity index (χ4n) is 2.90. The SMILES string of the molecule is CCCS(=O)(=O)CCC(CBr)(CBr)C1CCCC1. The fraction of sp³-hybridized carbons (Fsp3) is 1.00. The Morgan fingerprint density at radius 1 is 1.11 bits per heavy atom. The minimum absolute atomic E-state index is 0.122. The lowest BCUT2D eigenvalue weighted by atomic mass is 9.75. The molecular formula is C13H24Br2O2S. The van der Waals surface area contributed by atoms with Crippen LogP contribution in [-0.4, -0.2) is 30.6 Å². The second-order valence-corrected chi connectivity index (χ2v) is 8.94. The molecule has 0 N–H and O–H groups in total. The van der Waals surface area contributed by atoms with Crippen molar-refractivity contribution in [2.45, 2.75) is 45.4 Å². The highest BCUT2D eigenvalue weighted by atomic mass is 79.9. The van der Waals surface area contributed by atoms with E-state index >= 15 is 0 Å². The molecule has 0 aromatic carbocycles. The first-order valence-corrected chi connectivity index (χ1v) is 10.9. The zero-order valence-corrected chi connectivity index (χ0v) is 15.1. The van der Waals surface area contributed by atoms with Gasteiger partial charge in [-0.15, -0.1) is 0 Å². The van der Waals surface area contributed by atoms with Crippen molar-refractivity contribution in [3.63, 3.8) is 0 Å². The molecule has 0 aromatic heterocycles. The molecule has 0 atom stereocenters. The summed E-state index contributed by atoms with van der Waals surface area (Å²) in [6.45, 7) is 1.93. The Morgan fingerprint density at radius 2 is 1.67 bits per heavy atom. The van der Waals surface area contributed by atoms with Crippen molar-refractivity contribution in [3.8, 4) is 0 Å². The highest BCUT2D eigenvalue weighted by Gasteiger charge is 2.39. The normalized spacial score (nSPS) is 18.4. The average Bonchev–Trinajstić information content (AvgIpc) is 2.85. The van der Waals surface area contributed by atoms with Crippen LogP contribution in [0, 0.1) is 11.3 Å². The Morgan fingerprint density at radius 3 is 2.11 bits per heavy atom. The van der Waals surface area contributed by atoms with Gasteiger partial charge in [0, 0.05) is 16.4 Å². The second-order valence-electron chi connectivity index (χ2n) is 5.51. The fourth-order valence-corrected chi connectivity index (χ4v) is 6.85. The standard InChI is InChI=1S/C13H24Br2O2S/c1-2-8-18(16,17)9-7-13(10-14,11-15)12-5-3-4-6-12/h12H,2-11H2,1H3. The van der Waals surface area contributed by atoms with Gasteiger partial charge < -0.3 is 0 Å². The molecule has 1 aliphatic carbocycles. The maximum Gasteiger partial charge on any atom is 0.150 e. The lowest BCUT2D eigenvalue weighted by Crippen LogP contribution is -2.35. The van der Waals surface area contributed by atoms with Crippen LogP contribution in [0.3, 0.4) is 0 Å². The molecule has 0 aromatic rings. The van der Waals surface area contributed by atoms with Gasteiger partial charge in [-0.1, -0.05) is 51.6 Å². The van der Waals surface area contributed by atoms with Crippen LogP contribution in [0.15, 0.2) is 0 Å². The molecule has 1 fully saturated rings. The van der Waals surface area contributed by atoms with Crippen LogP contribution < -0.4 is 0 Å². The highest BCUT2D eigenvalue weighted by molar-refractivity contribution is 9.09. The second kappa shape index (κ2) is 7.63. The number of alkyl halides is 2. The summed E-state index contributed by atoms with van der Waals surface area (Å²) in [7, 11) is -2.86. The lowest BCUT2D eigenvalue weighted by Gasteiger charge is -2.36. The Labute approximate surface area is 128 Å². The molecule has 1 aliphatic rings. The summed E-state index contributed by atoms with van der Waals surface area (Å²) in [4.78, 5) is 0. The van der Waals surface area contributed by atoms with Crippen LogP contribution in [0.4, 0.5) is 0 Å². The van der Waals surface area contributed by atoms with Crippen LogP contribution in [0.1, 0.15) is 45.4 Å². The first-order chi connectivity index (χ1) is 8.49. The molecule has 0 saturated heterocycles. The summed E-state index contributed by atoms with van der Waals surface area (Å²) in [5, 5.41) is 1.80. The molecule has 0 heterocycles. The summed E-state index contributed by atoms with van der Waals surface area (Å²) in [6, 6.07) is 0. The Balaban J connectivity index is 2.68. The lowest BCUT2D eigenvalue weighted by molar-refractivity contribution is 0.226. The van der Waals surface area contributed by atoms with E-state index in [1.165, 1.54) is 25.7 Å². The molecule has 18 heavy (non-hydrogen) atoms. The molecule has 0 aliphatic heterocycles. The number of halogens is 2. The van der Waals surface area contributed by atoms with Crippen LogP contribution in [-0.2, 0) is 9.84 Å². The van der Waals surface area contributed by atoms with Gasteiger partial charge in [-0.25, -0.2) is 8.42 Å². The van der Waals surface area contributed by atoms with Gasteiger partial charge in [-0.2, -0.15) is 0 Å². The van der Waals surface area contributed by atoms with Gasteiger partial charge in [0.05, 0.1) is 5.75 Å². The first-order valence-electron chi connectivity index (χ1n) is 6.82. The van der Waals surface area contributed by atoms with Gasteiger partial charge in [0.1, 0.15) is 9.84 Å². The summed E-state index contributed by atoms with van der Waals surface area (Å²) < 4.78 is 23.8. The Hall–Kier alpha value is 0.910. The third kappa shape index (κ3) is 4.48. The van der Waals surface area contributed by atoms with Gasteiger partial charge in [-0.3, -0.25) is 0 Å². The zero-order chi connectivity index (χ0) is 13.6. The van der Waals surface area contributed by atoms with Gasteiger partial charge in [0.15, 0.2) is 0 Å². The third-order valence-electron chi connectivity index (χ3n) is 4.18. The van der Waals surface area contributed by atoms with Gasteiger partial charge in [0.2, 0.25) is 0 Å². The topological polar surface area (TPSA) is 34.1 Å². The van der Waals surface area contributed by atoms with E-state index in [1.54, 1.807) is 0 Å². The quantitative estimate of drug-likeness (QED) is 0.570. The van der Waals surface area contributed by atoms with Crippen molar-refractivity contribution in [3.05, 3.63) is 0 Å². The molecule has 2 nitrogen and oxygen atoms in total. The largest absolute Gasteiger partial charge is 0.229 e. The Kier molecular flexibility index (Phi) is 7.19. The molecule has 1 rings (SSSR count). The molecule has 5 heteroatoms. The van der Waals surface area contributed by atoms with Crippen LogP contribution in [0.5, 0.6) is 0 Å². The summed E-state index contributed by atoms with van der Waals surface area (Å²) >= 11 is 7.25. The summed E-state index contributed by atoms with van der Waals surface area (Å²) in [6.07, 6.45) is 6.62. The maximum absolute atomic E-state index is 11.9. The highest BCUT2D eigenvalue weighted by Crippen LogP contribution is 2.45. The van der Waals surface area contributed by atoms with Crippen LogP contribution in [0.25, 0.3) is 0 Å². The number of hydrogen-bond donors (Lipinski definition) is 0. The molecule has 108 valence electrons. The molecule has 0 radical (unpaired) electrons. The van der Waals surface area contributed by atoms with E-state index in [0.717, 1.165) is 23.5 Å². The van der Waals surface area contributed by atoms with E-state index in [2.05, 4.69) is 31.9 Å². The summed E-state index contributed by atoms with van der Waals surface area (Å²) in [5.74, 6) is 1.35. The van der Waals surface area contributed by atoms with Crippen LogP contribution in [0.2, 0.25) is 0 Å². The molecule has 1 saturated carbocycles. The van der Waals surface area contributed by atoms with E-state index < -0.39 is 9.84 Å². The van der Waals surface area contributed by atoms with Crippen molar-refractivity contribution in [2.24, 2.45) is 11.3 Å². The van der Waals surface area contributed by atoms with Crippen LogP contribution >= 0.6 is 31.9 Å². The number of rotatable bonds is 8. The Bertz CT molecular complexity index is 331. The van der Waals surface area contributed by atoms with Crippen molar-refractivity contribution in [1.29, 1.82) is 0 Å². The van der Waals surface area contributed by atoms with E-state index in [0.29, 0.717) is 17.4 Å². The van der Waals surface area contributed by atoms with E-state index in [4.69, 9.17) is 0 Å². The van der Waals surface area contributed by atoms with E-state index in [1.807, 2.05) is 6.92 Å². The van der Waals surface area contributed by atoms with Crippen molar-refractivity contribution in [2.75, 3.05) is 22.2 Å². The van der Waals surface area contributed by atoms with Gasteiger partial charge >= 0.3 is 0 Å². The minimum Gasteiger partial charge on any atom is -0.229 e. The molecule has 0 spiro atoms. The predicted molar refractivity (Wildman–Crippen MR) is 85.5 cm³/mol. The third-order valence-corrected chi connectivity index (χ3v) is 8.27. The molecule has 0 bridgehead atoms. The van der Waals surface area contributed by atoms with Crippen molar-refractivity contribution < 1.29 is 8.42 Å². The molecule has 0 unspecified atom stereocenters. The minimum atomic E-state index is -2.86. The monoisotopic (exact) mass is 402 g/mol. The number of sulfone groups is 1. The van der Waals surface area contributed by atoms with E-state index in [9.17, 15) is 8.42 Å². The number of hydrogen-bond acceptors (Lipinski definition) is 2. The molecule has 0 amide bonds. The van der Waals surface area contributed by atoms with Gasteiger partial charge in [0.25, 0.3) is 0 Å². The predicted octanol–water partition coefficient (Wildman–Crippen LogP) is 4.17. The summed E-state index contributed by atoms with van der Waals surface area (Å²) in [5.41, 5.74) is 0.122. The van der Waals surface area contributed by atoms with Crippen molar-refractivity contribution in [1.82, 2.24) is 0 Å². The average molecular weight is 404 g/mol. The maximum atomic E-state index is 11.9. The molecular weight excluding hydrogens is 380 g/mol. The van der Waals surface area contributed by atoms with E-state index in [-0.39, 0.29) is 5.41 Å². The zero-order valence-electron chi connectivity index (χ0n) is 11.1. The van der Waals surface area contributed by atoms with Crippen molar-refractivity contribution >= 4 is 41.7 Å².